The van der Waals surface area contributed by atoms with Gasteiger partial charge in [-0.2, -0.15) is 0 Å². The fourth-order valence-electron chi connectivity index (χ4n) is 11.1. The van der Waals surface area contributed by atoms with E-state index in [0.717, 1.165) is 77.5 Å². The van der Waals surface area contributed by atoms with Crippen molar-refractivity contribution in [2.24, 2.45) is 0 Å². The molecule has 2 aliphatic rings. The molecular weight excluding hydrogens is 828 g/mol. The molecule has 9 aromatic carbocycles. The first-order valence-corrected chi connectivity index (χ1v) is 23.9. The molecule has 0 atom stereocenters. The monoisotopic (exact) mass is 878 g/mol. The van der Waals surface area contributed by atoms with Gasteiger partial charge in [-0.25, -0.2) is 0 Å². The molecule has 0 amide bonds. The lowest BCUT2D eigenvalue weighted by molar-refractivity contribution is 0.590. The van der Waals surface area contributed by atoms with Gasteiger partial charge in [-0.3, -0.25) is 0 Å². The Morgan fingerprint density at radius 1 is 0.397 bits per heavy atom. The second-order valence-electron chi connectivity index (χ2n) is 21.1. The summed E-state index contributed by atoms with van der Waals surface area (Å²) in [6.07, 6.45) is 0. The number of furan rings is 2. The van der Waals surface area contributed by atoms with Crippen molar-refractivity contribution in [1.29, 1.82) is 0 Å². The van der Waals surface area contributed by atoms with E-state index in [1.807, 2.05) is 18.2 Å². The Hall–Kier alpha value is -7.76. The second kappa shape index (κ2) is 14.6. The van der Waals surface area contributed by atoms with E-state index in [4.69, 9.17) is 8.83 Å². The highest BCUT2D eigenvalue weighted by atomic mass is 16.3. The van der Waals surface area contributed by atoms with Crippen LogP contribution in [0.25, 0.3) is 66.1 Å². The average molecular weight is 879 g/mol. The van der Waals surface area contributed by atoms with Crippen LogP contribution in [0.5, 0.6) is 0 Å². The lowest BCUT2D eigenvalue weighted by atomic mass is 9.33. The van der Waals surface area contributed by atoms with Crippen LogP contribution in [0, 0.1) is 6.92 Å². The third-order valence-corrected chi connectivity index (χ3v) is 14.6. The van der Waals surface area contributed by atoms with E-state index in [9.17, 15) is 0 Å². The Labute approximate surface area is 398 Å². The van der Waals surface area contributed by atoms with Gasteiger partial charge in [0.05, 0.1) is 0 Å². The van der Waals surface area contributed by atoms with Gasteiger partial charge in [0.1, 0.15) is 22.3 Å². The van der Waals surface area contributed by atoms with Crippen LogP contribution in [-0.4, -0.2) is 6.71 Å². The van der Waals surface area contributed by atoms with Crippen molar-refractivity contribution in [3.63, 3.8) is 0 Å². The maximum absolute atomic E-state index is 6.52. The fourth-order valence-corrected chi connectivity index (χ4v) is 11.1. The minimum atomic E-state index is -0.0409. The van der Waals surface area contributed by atoms with Crippen molar-refractivity contribution in [2.45, 2.75) is 59.3 Å². The van der Waals surface area contributed by atoms with Crippen LogP contribution in [0.3, 0.4) is 0 Å². The van der Waals surface area contributed by atoms with Crippen LogP contribution in [0.15, 0.2) is 191 Å². The molecule has 0 N–H and O–H groups in total. The van der Waals surface area contributed by atoms with E-state index >= 15 is 0 Å². The van der Waals surface area contributed by atoms with Crippen LogP contribution in [-0.2, 0) is 10.8 Å². The predicted octanol–water partition coefficient (Wildman–Crippen LogP) is 15.8. The molecule has 0 unspecified atom stereocenters. The minimum absolute atomic E-state index is 0.0286. The molecule has 5 heteroatoms. The number of anilines is 6. The normalized spacial score (nSPS) is 13.4. The van der Waals surface area contributed by atoms with Crippen molar-refractivity contribution in [2.75, 3.05) is 9.80 Å². The van der Waals surface area contributed by atoms with Crippen molar-refractivity contribution in [3.05, 3.63) is 199 Å². The summed E-state index contributed by atoms with van der Waals surface area (Å²) in [6, 6.07) is 67.2. The van der Waals surface area contributed by atoms with Crippen molar-refractivity contribution < 1.29 is 8.83 Å². The minimum Gasteiger partial charge on any atom is -0.456 e. The van der Waals surface area contributed by atoms with Gasteiger partial charge in [-0.1, -0.05) is 151 Å². The molecule has 0 aliphatic carbocycles. The van der Waals surface area contributed by atoms with Gasteiger partial charge in [0.2, 0.25) is 0 Å². The number of hydrogen-bond donors (Lipinski definition) is 0. The highest BCUT2D eigenvalue weighted by molar-refractivity contribution is 7.00. The van der Waals surface area contributed by atoms with Crippen LogP contribution in [0.2, 0.25) is 0 Å². The van der Waals surface area contributed by atoms with Gasteiger partial charge in [-0.15, -0.1) is 0 Å². The molecule has 0 saturated heterocycles. The number of rotatable bonds is 4. The number of benzene rings is 9. The third kappa shape index (κ3) is 6.22. The Morgan fingerprint density at radius 3 is 1.49 bits per heavy atom. The van der Waals surface area contributed by atoms with E-state index in [1.54, 1.807) is 0 Å². The Bertz CT molecular complexity index is 3840. The summed E-state index contributed by atoms with van der Waals surface area (Å²) in [5.41, 5.74) is 23.0. The standard InChI is InChI=1S/C63H51BN2O2/c1-38-33-55-60-56(34-38)66(45-28-21-40(22-29-45)46-15-12-16-50-48-14-9-11-18-58(48)68-61(46)50)54-37-43(63(5,6)7)25-32-52(54)64(60)51-31-24-42(62(2,3)4)36-53(51)65(55)44-26-19-39(20-27-44)41-23-30-49-47-13-8-10-17-57(47)67-59(49)35-41/h8-37H,1-7H3. The van der Waals surface area contributed by atoms with Gasteiger partial charge in [0.25, 0.3) is 6.71 Å². The number of nitrogens with zero attached hydrogens (tertiary/aromatic N) is 2. The maximum Gasteiger partial charge on any atom is 0.252 e. The van der Waals surface area contributed by atoms with Gasteiger partial charge in [-0.05, 0) is 140 Å². The summed E-state index contributed by atoms with van der Waals surface area (Å²) in [6.45, 7) is 16.2. The van der Waals surface area contributed by atoms with Gasteiger partial charge in [0.15, 0.2) is 0 Å². The Morgan fingerprint density at radius 2 is 0.897 bits per heavy atom. The lowest BCUT2D eigenvalue weighted by Crippen LogP contribution is -2.61. The molecule has 328 valence electrons. The topological polar surface area (TPSA) is 32.8 Å². The largest absolute Gasteiger partial charge is 0.456 e. The predicted molar refractivity (Wildman–Crippen MR) is 288 cm³/mol. The molecular formula is C63H51BN2O2. The van der Waals surface area contributed by atoms with E-state index in [0.29, 0.717) is 0 Å². The van der Waals surface area contributed by atoms with Gasteiger partial charge >= 0.3 is 0 Å². The van der Waals surface area contributed by atoms with Crippen molar-refractivity contribution in [3.8, 4) is 22.3 Å². The summed E-state index contributed by atoms with van der Waals surface area (Å²) in [4.78, 5) is 5.06. The van der Waals surface area contributed by atoms with Crippen molar-refractivity contribution in [1.82, 2.24) is 0 Å². The van der Waals surface area contributed by atoms with Crippen LogP contribution >= 0.6 is 0 Å². The highest BCUT2D eigenvalue weighted by Crippen LogP contribution is 2.47. The zero-order valence-electron chi connectivity index (χ0n) is 39.6. The maximum atomic E-state index is 6.52. The molecule has 0 fully saturated rings. The molecule has 2 aliphatic heterocycles. The summed E-state index contributed by atoms with van der Waals surface area (Å²) < 4.78 is 12.8. The SMILES string of the molecule is Cc1cc2c3c(c1)N(c1ccc(-c4cccc5c4oc4ccccc45)cc1)c1cc(C(C)(C)C)ccc1B3c1ccc(C(C)(C)C)cc1N2c1ccc(-c2ccc3c(c2)oc2ccccc23)cc1. The van der Waals surface area contributed by atoms with E-state index in [2.05, 4.69) is 222 Å². The quantitative estimate of drug-likeness (QED) is 0.165. The smallest absolute Gasteiger partial charge is 0.252 e. The Kier molecular flexibility index (Phi) is 8.71. The number of hydrogen-bond acceptors (Lipinski definition) is 4. The van der Waals surface area contributed by atoms with E-state index in [-0.39, 0.29) is 17.5 Å². The zero-order chi connectivity index (χ0) is 46.2. The molecule has 0 spiro atoms. The number of aryl methyl sites for hydroxylation is 1. The number of para-hydroxylation sites is 3. The molecule has 0 radical (unpaired) electrons. The van der Waals surface area contributed by atoms with Crippen LogP contribution in [0.4, 0.5) is 34.1 Å². The zero-order valence-corrected chi connectivity index (χ0v) is 39.6. The van der Waals surface area contributed by atoms with Crippen molar-refractivity contribution >= 4 is 101 Å². The summed E-state index contributed by atoms with van der Waals surface area (Å²) in [7, 11) is 0. The molecule has 4 heterocycles. The summed E-state index contributed by atoms with van der Waals surface area (Å²) >= 11 is 0. The molecule has 11 aromatic rings. The molecule has 4 nitrogen and oxygen atoms in total. The molecule has 68 heavy (non-hydrogen) atoms. The molecule has 0 saturated carbocycles. The third-order valence-electron chi connectivity index (χ3n) is 14.6. The molecule has 2 aromatic heterocycles. The summed E-state index contributed by atoms with van der Waals surface area (Å²) in [5.74, 6) is 0. The first-order chi connectivity index (χ1) is 32.9. The van der Waals surface area contributed by atoms with E-state index < -0.39 is 0 Å². The van der Waals surface area contributed by atoms with Gasteiger partial charge < -0.3 is 18.6 Å². The van der Waals surface area contributed by atoms with E-state index in [1.165, 1.54) is 55.8 Å². The first-order valence-electron chi connectivity index (χ1n) is 23.9. The van der Waals surface area contributed by atoms with Crippen LogP contribution < -0.4 is 26.2 Å². The molecule has 0 bridgehead atoms. The van der Waals surface area contributed by atoms with Crippen LogP contribution in [0.1, 0.15) is 58.2 Å². The molecule has 13 rings (SSSR count). The summed E-state index contributed by atoms with van der Waals surface area (Å²) in [5, 5.41) is 4.56. The Balaban J connectivity index is 0.986. The fraction of sp³-hybridized carbons (Fsp3) is 0.143. The first kappa shape index (κ1) is 40.5. The number of fused-ring (bicyclic) bond motifs is 10. The average Bonchev–Trinajstić information content (AvgIpc) is 3.91. The van der Waals surface area contributed by atoms with Gasteiger partial charge in [0, 0.05) is 61.2 Å². The highest BCUT2D eigenvalue weighted by Gasteiger charge is 2.44. The lowest BCUT2D eigenvalue weighted by Gasteiger charge is -2.45. The second-order valence-corrected chi connectivity index (χ2v) is 21.1.